The number of nitrogens with one attached hydrogen (secondary N) is 1. The maximum atomic E-state index is 13.0. The molecule has 0 atom stereocenters. The van der Waals surface area contributed by atoms with Crippen molar-refractivity contribution in [1.29, 1.82) is 0 Å². The van der Waals surface area contributed by atoms with Crippen molar-refractivity contribution in [3.8, 4) is 28.3 Å². The molecule has 0 saturated heterocycles. The van der Waals surface area contributed by atoms with Gasteiger partial charge in [0.2, 0.25) is 6.41 Å². The minimum Gasteiger partial charge on any atom is -0.490 e. The first-order chi connectivity index (χ1) is 18.2. The van der Waals surface area contributed by atoms with E-state index < -0.39 is 5.97 Å². The molecule has 2 N–H and O–H groups in total. The monoisotopic (exact) mass is 578 g/mol. The molecule has 4 aromatic rings. The third-order valence-electron chi connectivity index (χ3n) is 5.16. The number of carboxylic acid groups (broad SMARTS) is 1. The topological polar surface area (TPSA) is 102 Å². The van der Waals surface area contributed by atoms with E-state index in [4.69, 9.17) is 49.2 Å². The Labute approximate surface area is 233 Å². The Morgan fingerprint density at radius 2 is 1.82 bits per heavy atom. The molecule has 3 aromatic carbocycles. The first kappa shape index (κ1) is 29.0. The number of carboxylic acids is 1. The van der Waals surface area contributed by atoms with Crippen LogP contribution < -0.4 is 10.1 Å². The standard InChI is InChI=1S/C18H13ClFNO3.C9H9Cl2NO2/c1-10-17(14-7-2-11(8-15(14)19)9-16(22)23)21-24-18(10)12-3-5-13(20)6-4-12;10-7-1-2-9(8(11)5-7)14-4-3-12-6-13/h2-8H,9H2,1H3,(H,22,23);1-2,5-6H,3-4H2,(H,12,13). The maximum Gasteiger partial charge on any atom is 0.307 e. The van der Waals surface area contributed by atoms with Gasteiger partial charge in [0.15, 0.2) is 5.76 Å². The van der Waals surface area contributed by atoms with Gasteiger partial charge in [0, 0.05) is 21.7 Å². The van der Waals surface area contributed by atoms with Crippen LogP contribution in [-0.2, 0) is 16.0 Å². The van der Waals surface area contributed by atoms with E-state index in [1.165, 1.54) is 12.1 Å². The number of amides is 1. The number of carbonyl (C=O) groups excluding carboxylic acids is 1. The van der Waals surface area contributed by atoms with Crippen molar-refractivity contribution in [3.63, 3.8) is 0 Å². The SMILES string of the molecule is Cc1c(-c2ccc(CC(=O)O)cc2Cl)noc1-c1ccc(F)cc1.O=CNCCOc1ccc(Cl)cc1Cl. The summed E-state index contributed by atoms with van der Waals surface area (Å²) < 4.78 is 23.7. The van der Waals surface area contributed by atoms with Crippen molar-refractivity contribution in [2.75, 3.05) is 13.2 Å². The summed E-state index contributed by atoms with van der Waals surface area (Å²) in [6, 6.07) is 15.9. The maximum absolute atomic E-state index is 13.0. The number of ether oxygens (including phenoxy) is 1. The van der Waals surface area contributed by atoms with Gasteiger partial charge in [0.05, 0.1) is 23.0 Å². The highest BCUT2D eigenvalue weighted by Gasteiger charge is 2.18. The van der Waals surface area contributed by atoms with Crippen molar-refractivity contribution in [3.05, 3.63) is 92.7 Å². The van der Waals surface area contributed by atoms with Crippen molar-refractivity contribution in [2.24, 2.45) is 0 Å². The summed E-state index contributed by atoms with van der Waals surface area (Å²) in [4.78, 5) is 20.7. The van der Waals surface area contributed by atoms with Crippen molar-refractivity contribution in [2.45, 2.75) is 13.3 Å². The van der Waals surface area contributed by atoms with E-state index in [0.29, 0.717) is 68.5 Å². The smallest absolute Gasteiger partial charge is 0.307 e. The second kappa shape index (κ2) is 13.8. The fourth-order valence-electron chi connectivity index (χ4n) is 3.36. The van der Waals surface area contributed by atoms with Crippen LogP contribution in [0.2, 0.25) is 15.1 Å². The number of rotatable bonds is 9. The Bertz CT molecular complexity index is 1410. The molecule has 198 valence electrons. The fourth-order valence-corrected chi connectivity index (χ4v) is 4.12. The van der Waals surface area contributed by atoms with Crippen molar-refractivity contribution < 1.29 is 28.3 Å². The van der Waals surface area contributed by atoms with Crippen LogP contribution in [-0.4, -0.2) is 35.8 Å². The summed E-state index contributed by atoms with van der Waals surface area (Å²) in [6.45, 7) is 2.66. The van der Waals surface area contributed by atoms with Gasteiger partial charge in [0.25, 0.3) is 0 Å². The van der Waals surface area contributed by atoms with Crippen molar-refractivity contribution >= 4 is 47.2 Å². The van der Waals surface area contributed by atoms with Gasteiger partial charge in [-0.15, -0.1) is 0 Å². The summed E-state index contributed by atoms with van der Waals surface area (Å²) in [5.74, 6) is -0.150. The van der Waals surface area contributed by atoms with Gasteiger partial charge in [0.1, 0.15) is 23.9 Å². The Morgan fingerprint density at radius 1 is 1.08 bits per heavy atom. The van der Waals surface area contributed by atoms with Crippen LogP contribution in [0.5, 0.6) is 5.75 Å². The zero-order valence-electron chi connectivity index (χ0n) is 20.0. The first-order valence-corrected chi connectivity index (χ1v) is 12.3. The molecule has 0 spiro atoms. The average Bonchev–Trinajstić information content (AvgIpc) is 3.24. The highest BCUT2D eigenvalue weighted by molar-refractivity contribution is 6.35. The summed E-state index contributed by atoms with van der Waals surface area (Å²) in [5, 5.41) is 16.8. The molecular formula is C27H22Cl3FN2O5. The summed E-state index contributed by atoms with van der Waals surface area (Å²) in [5.41, 5.74) is 3.32. The van der Waals surface area contributed by atoms with E-state index in [0.717, 1.165) is 5.56 Å². The van der Waals surface area contributed by atoms with Gasteiger partial charge in [-0.2, -0.15) is 0 Å². The van der Waals surface area contributed by atoms with Crippen LogP contribution in [0.3, 0.4) is 0 Å². The molecule has 38 heavy (non-hydrogen) atoms. The lowest BCUT2D eigenvalue weighted by molar-refractivity contribution is -0.136. The lowest BCUT2D eigenvalue weighted by atomic mass is 10.0. The molecule has 0 aliphatic heterocycles. The highest BCUT2D eigenvalue weighted by Crippen LogP contribution is 2.35. The van der Waals surface area contributed by atoms with Crippen LogP contribution in [0, 0.1) is 12.7 Å². The Morgan fingerprint density at radius 3 is 2.45 bits per heavy atom. The van der Waals surface area contributed by atoms with Gasteiger partial charge in [-0.3, -0.25) is 9.59 Å². The number of aromatic nitrogens is 1. The molecule has 4 rings (SSSR count). The number of hydrogen-bond acceptors (Lipinski definition) is 5. The molecule has 1 amide bonds. The van der Waals surface area contributed by atoms with Crippen molar-refractivity contribution in [1.82, 2.24) is 10.5 Å². The normalized spacial score (nSPS) is 10.3. The second-order valence-electron chi connectivity index (χ2n) is 7.87. The largest absolute Gasteiger partial charge is 0.490 e. The zero-order chi connectivity index (χ0) is 27.7. The Balaban J connectivity index is 0.000000244. The molecule has 7 nitrogen and oxygen atoms in total. The summed E-state index contributed by atoms with van der Waals surface area (Å²) in [6.07, 6.45) is 0.519. The van der Waals surface area contributed by atoms with Crippen LogP contribution >= 0.6 is 34.8 Å². The van der Waals surface area contributed by atoms with Crippen LogP contribution in [0.25, 0.3) is 22.6 Å². The molecule has 0 unspecified atom stereocenters. The predicted molar refractivity (Wildman–Crippen MR) is 144 cm³/mol. The minimum atomic E-state index is -0.921. The van der Waals surface area contributed by atoms with Crippen LogP contribution in [0.1, 0.15) is 11.1 Å². The Kier molecular flexibility index (Phi) is 10.5. The van der Waals surface area contributed by atoms with E-state index >= 15 is 0 Å². The van der Waals surface area contributed by atoms with Crippen LogP contribution in [0.15, 0.2) is 65.2 Å². The van der Waals surface area contributed by atoms with Gasteiger partial charge < -0.3 is 19.7 Å². The van der Waals surface area contributed by atoms with E-state index in [9.17, 15) is 14.0 Å². The summed E-state index contributed by atoms with van der Waals surface area (Å²) >= 11 is 17.8. The minimum absolute atomic E-state index is 0.0986. The molecule has 0 aliphatic rings. The molecule has 1 aromatic heterocycles. The molecule has 0 fully saturated rings. The molecule has 0 aliphatic carbocycles. The summed E-state index contributed by atoms with van der Waals surface area (Å²) in [7, 11) is 0. The fraction of sp³-hybridized carbons (Fsp3) is 0.148. The number of carbonyl (C=O) groups is 2. The van der Waals surface area contributed by atoms with E-state index in [2.05, 4.69) is 10.5 Å². The molecular weight excluding hydrogens is 558 g/mol. The van der Waals surface area contributed by atoms with Gasteiger partial charge >= 0.3 is 5.97 Å². The zero-order valence-corrected chi connectivity index (χ0v) is 22.3. The first-order valence-electron chi connectivity index (χ1n) is 11.2. The quantitative estimate of drug-likeness (QED) is 0.166. The van der Waals surface area contributed by atoms with E-state index in [1.807, 2.05) is 6.92 Å². The van der Waals surface area contributed by atoms with Gasteiger partial charge in [-0.1, -0.05) is 52.1 Å². The van der Waals surface area contributed by atoms with Gasteiger partial charge in [-0.25, -0.2) is 4.39 Å². The number of aliphatic carboxylic acids is 1. The second-order valence-corrected chi connectivity index (χ2v) is 9.12. The van der Waals surface area contributed by atoms with Gasteiger partial charge in [-0.05, 0) is 61.0 Å². The third kappa shape index (κ3) is 7.95. The third-order valence-corrected chi connectivity index (χ3v) is 6.00. The number of nitrogens with zero attached hydrogens (tertiary/aromatic N) is 1. The lowest BCUT2D eigenvalue weighted by Crippen LogP contribution is -2.19. The molecule has 0 bridgehead atoms. The van der Waals surface area contributed by atoms with E-state index in [-0.39, 0.29) is 12.2 Å². The molecule has 1 heterocycles. The highest BCUT2D eigenvalue weighted by atomic mass is 35.5. The average molecular weight is 580 g/mol. The lowest BCUT2D eigenvalue weighted by Gasteiger charge is -2.07. The van der Waals surface area contributed by atoms with Crippen LogP contribution in [0.4, 0.5) is 4.39 Å². The number of hydrogen-bond donors (Lipinski definition) is 2. The molecule has 0 saturated carbocycles. The Hall–Kier alpha value is -3.59. The molecule has 11 heteroatoms. The van der Waals surface area contributed by atoms with E-state index in [1.54, 1.807) is 48.5 Å². The predicted octanol–water partition coefficient (Wildman–Crippen LogP) is 6.85. The number of halogens is 4. The molecule has 0 radical (unpaired) electrons. The number of benzene rings is 3.